The first kappa shape index (κ1) is 28.3. The van der Waals surface area contributed by atoms with E-state index in [0.717, 1.165) is 39.1 Å². The Morgan fingerprint density at radius 1 is 0.829 bits per heavy atom. The standard InChI is InChI=1S/C34H33NO5S/c1-2-10-32(33(36)37)35(41-23-25-17-19-26(20-18-25)39-21-24-11-4-3-5-12-24)34(38)40-22-31-29-15-8-6-13-27(29)28-14-7-9-16-30(28)31/h3-9,11-20,31-32H,2,10,21-23H2,1H3,(H,36,37). The highest BCUT2D eigenvalue weighted by molar-refractivity contribution is 7.96. The SMILES string of the molecule is CCCC(C(=O)O)N(SCc1ccc(OCc2ccccc2)cc1)C(=O)OCC1c2ccccc2-c2ccccc21. The zero-order valence-corrected chi connectivity index (χ0v) is 23.8. The van der Waals surface area contributed by atoms with Gasteiger partial charge in [-0.3, -0.25) is 0 Å². The number of aliphatic carboxylic acids is 1. The molecule has 0 radical (unpaired) electrons. The summed E-state index contributed by atoms with van der Waals surface area (Å²) in [6, 6.07) is 32.9. The van der Waals surface area contributed by atoms with E-state index in [1.807, 2.05) is 85.8 Å². The maximum absolute atomic E-state index is 13.4. The molecule has 4 aromatic carbocycles. The minimum atomic E-state index is -1.04. The predicted molar refractivity (Wildman–Crippen MR) is 162 cm³/mol. The van der Waals surface area contributed by atoms with Crippen molar-refractivity contribution in [1.82, 2.24) is 4.31 Å². The minimum Gasteiger partial charge on any atom is -0.489 e. The van der Waals surface area contributed by atoms with Gasteiger partial charge in [-0.2, -0.15) is 0 Å². The molecular weight excluding hydrogens is 534 g/mol. The van der Waals surface area contributed by atoms with Crippen molar-refractivity contribution in [2.24, 2.45) is 0 Å². The van der Waals surface area contributed by atoms with Gasteiger partial charge in [-0.15, -0.1) is 0 Å². The Labute approximate surface area is 245 Å². The third-order valence-electron chi connectivity index (χ3n) is 7.19. The Bertz CT molecular complexity index is 1430. The summed E-state index contributed by atoms with van der Waals surface area (Å²) >= 11 is 1.17. The zero-order chi connectivity index (χ0) is 28.6. The molecular formula is C34H33NO5S. The lowest BCUT2D eigenvalue weighted by molar-refractivity contribution is -0.141. The number of carboxylic acids is 1. The first-order chi connectivity index (χ1) is 20.0. The van der Waals surface area contributed by atoms with Crippen LogP contribution in [0.4, 0.5) is 4.79 Å². The summed E-state index contributed by atoms with van der Waals surface area (Å²) < 4.78 is 13.0. The number of carbonyl (C=O) groups excluding carboxylic acids is 1. The number of benzene rings is 4. The van der Waals surface area contributed by atoms with E-state index in [1.165, 1.54) is 16.3 Å². The van der Waals surface area contributed by atoms with Gasteiger partial charge in [-0.25, -0.2) is 13.9 Å². The molecule has 1 unspecified atom stereocenters. The van der Waals surface area contributed by atoms with Gasteiger partial charge in [0.1, 0.15) is 25.0 Å². The molecule has 0 aliphatic heterocycles. The first-order valence-electron chi connectivity index (χ1n) is 13.8. The molecule has 0 heterocycles. The number of hydrogen-bond acceptors (Lipinski definition) is 5. The molecule has 1 aliphatic carbocycles. The summed E-state index contributed by atoms with van der Waals surface area (Å²) in [7, 11) is 0. The molecule has 0 spiro atoms. The molecule has 210 valence electrons. The summed E-state index contributed by atoms with van der Waals surface area (Å²) in [6.07, 6.45) is 0.317. The normalized spacial score (nSPS) is 12.7. The molecule has 7 heteroatoms. The van der Waals surface area contributed by atoms with Gasteiger partial charge in [0.2, 0.25) is 0 Å². The second kappa shape index (κ2) is 13.4. The lowest BCUT2D eigenvalue weighted by Gasteiger charge is -2.27. The van der Waals surface area contributed by atoms with Gasteiger partial charge >= 0.3 is 12.1 Å². The fourth-order valence-corrected chi connectivity index (χ4v) is 6.12. The van der Waals surface area contributed by atoms with Gasteiger partial charge in [-0.1, -0.05) is 104 Å². The van der Waals surface area contributed by atoms with E-state index in [9.17, 15) is 14.7 Å². The van der Waals surface area contributed by atoms with Crippen molar-refractivity contribution in [2.45, 2.75) is 44.1 Å². The van der Waals surface area contributed by atoms with Gasteiger partial charge in [-0.05, 0) is 63.9 Å². The number of nitrogens with zero attached hydrogens (tertiary/aromatic N) is 1. The highest BCUT2D eigenvalue weighted by Crippen LogP contribution is 2.44. The lowest BCUT2D eigenvalue weighted by Crippen LogP contribution is -2.41. The summed E-state index contributed by atoms with van der Waals surface area (Å²) in [4.78, 5) is 25.6. The van der Waals surface area contributed by atoms with Crippen molar-refractivity contribution in [1.29, 1.82) is 0 Å². The van der Waals surface area contributed by atoms with Crippen LogP contribution < -0.4 is 4.74 Å². The van der Waals surface area contributed by atoms with Crippen LogP contribution in [0.1, 0.15) is 47.9 Å². The van der Waals surface area contributed by atoms with Crippen LogP contribution in [0.3, 0.4) is 0 Å². The van der Waals surface area contributed by atoms with Crippen LogP contribution in [-0.4, -0.2) is 34.1 Å². The molecule has 0 saturated heterocycles. The van der Waals surface area contributed by atoms with Crippen molar-refractivity contribution in [2.75, 3.05) is 6.61 Å². The summed E-state index contributed by atoms with van der Waals surface area (Å²) in [5.74, 6) is 0.00964. The van der Waals surface area contributed by atoms with Crippen molar-refractivity contribution in [3.05, 3.63) is 125 Å². The van der Waals surface area contributed by atoms with E-state index >= 15 is 0 Å². The highest BCUT2D eigenvalue weighted by atomic mass is 32.2. The van der Waals surface area contributed by atoms with Crippen LogP contribution in [0.5, 0.6) is 5.75 Å². The molecule has 4 aromatic rings. The Morgan fingerprint density at radius 2 is 1.44 bits per heavy atom. The van der Waals surface area contributed by atoms with Crippen LogP contribution in [0.2, 0.25) is 0 Å². The van der Waals surface area contributed by atoms with Crippen LogP contribution in [-0.2, 0) is 21.9 Å². The monoisotopic (exact) mass is 567 g/mol. The Hall–Kier alpha value is -4.23. The molecule has 0 fully saturated rings. The molecule has 0 saturated carbocycles. The number of amides is 1. The number of carbonyl (C=O) groups is 2. The van der Waals surface area contributed by atoms with Crippen molar-refractivity contribution < 1.29 is 24.2 Å². The molecule has 0 bridgehead atoms. The van der Waals surface area contributed by atoms with Crippen molar-refractivity contribution >= 4 is 24.0 Å². The molecule has 41 heavy (non-hydrogen) atoms. The van der Waals surface area contributed by atoms with E-state index < -0.39 is 18.1 Å². The number of carboxylic acid groups (broad SMARTS) is 1. The van der Waals surface area contributed by atoms with Gasteiger partial charge in [0, 0.05) is 11.7 Å². The molecule has 1 N–H and O–H groups in total. The molecule has 5 rings (SSSR count). The maximum Gasteiger partial charge on any atom is 0.420 e. The number of hydrogen-bond donors (Lipinski definition) is 1. The summed E-state index contributed by atoms with van der Waals surface area (Å²) in [5.41, 5.74) is 6.53. The fourth-order valence-electron chi connectivity index (χ4n) is 5.11. The van der Waals surface area contributed by atoms with Crippen LogP contribution in [0.15, 0.2) is 103 Å². The summed E-state index contributed by atoms with van der Waals surface area (Å²) in [5, 5.41) is 9.97. The largest absolute Gasteiger partial charge is 0.489 e. The van der Waals surface area contributed by atoms with Crippen molar-refractivity contribution in [3.8, 4) is 16.9 Å². The Morgan fingerprint density at radius 3 is 2.05 bits per heavy atom. The number of rotatable bonds is 12. The second-order valence-electron chi connectivity index (χ2n) is 9.96. The third kappa shape index (κ3) is 6.74. The number of ether oxygens (including phenoxy) is 2. The van der Waals surface area contributed by atoms with Crippen molar-refractivity contribution in [3.63, 3.8) is 0 Å². The molecule has 1 atom stereocenters. The van der Waals surface area contributed by atoms with Gasteiger partial charge < -0.3 is 14.6 Å². The maximum atomic E-state index is 13.4. The Balaban J connectivity index is 1.25. The van der Waals surface area contributed by atoms with Gasteiger partial charge in [0.25, 0.3) is 0 Å². The van der Waals surface area contributed by atoms with Crippen LogP contribution in [0.25, 0.3) is 11.1 Å². The second-order valence-corrected chi connectivity index (χ2v) is 10.9. The number of fused-ring (bicyclic) bond motifs is 3. The average molecular weight is 568 g/mol. The average Bonchev–Trinajstić information content (AvgIpc) is 3.33. The lowest BCUT2D eigenvalue weighted by atomic mass is 9.98. The van der Waals surface area contributed by atoms with Crippen LogP contribution >= 0.6 is 11.9 Å². The van der Waals surface area contributed by atoms with Gasteiger partial charge in [0.05, 0.1) is 0 Å². The van der Waals surface area contributed by atoms with E-state index in [0.29, 0.717) is 25.2 Å². The first-order valence-corrected chi connectivity index (χ1v) is 14.7. The minimum absolute atomic E-state index is 0.101. The Kier molecular flexibility index (Phi) is 9.26. The summed E-state index contributed by atoms with van der Waals surface area (Å²) in [6.45, 7) is 2.52. The van der Waals surface area contributed by atoms with Gasteiger partial charge in [0.15, 0.2) is 0 Å². The van der Waals surface area contributed by atoms with E-state index in [2.05, 4.69) is 24.3 Å². The fraction of sp³-hybridized carbons (Fsp3) is 0.235. The smallest absolute Gasteiger partial charge is 0.420 e. The van der Waals surface area contributed by atoms with E-state index in [1.54, 1.807) is 0 Å². The quantitative estimate of drug-likeness (QED) is 0.175. The molecule has 1 aliphatic rings. The highest BCUT2D eigenvalue weighted by Gasteiger charge is 2.34. The van der Waals surface area contributed by atoms with Crippen LogP contribution in [0, 0.1) is 0 Å². The third-order valence-corrected chi connectivity index (χ3v) is 8.33. The van der Waals surface area contributed by atoms with E-state index in [4.69, 9.17) is 9.47 Å². The van der Waals surface area contributed by atoms with E-state index in [-0.39, 0.29) is 12.5 Å². The molecule has 6 nitrogen and oxygen atoms in total. The zero-order valence-electron chi connectivity index (χ0n) is 22.9. The topological polar surface area (TPSA) is 76.1 Å². The predicted octanol–water partition coefficient (Wildman–Crippen LogP) is 7.92. The molecule has 1 amide bonds. The molecule has 0 aromatic heterocycles.